The minimum Gasteiger partial charge on any atom is -0.354 e. The molecule has 0 aliphatic carbocycles. The predicted octanol–water partition coefficient (Wildman–Crippen LogP) is 10.8. The van der Waals surface area contributed by atoms with Crippen LogP contribution in [0, 0.1) is 93.2 Å². The maximum absolute atomic E-state index is 14.1. The van der Waals surface area contributed by atoms with Crippen LogP contribution in [-0.2, 0) is 0 Å². The summed E-state index contributed by atoms with van der Waals surface area (Å²) < 4.78 is 2.18. The first-order valence-corrected chi connectivity index (χ1v) is 21.8. The fourth-order valence-corrected chi connectivity index (χ4v) is 11.4. The fourth-order valence-electron chi connectivity index (χ4n) is 11.4. The highest BCUT2D eigenvalue weighted by atomic mass is 16.6. The highest BCUT2D eigenvalue weighted by Gasteiger charge is 2.40. The standard InChI is InChI=1S/C56H51N5O2/c1-27-19-31(5)45(32(6)20-27)49-39-13-15-41(57-39)50(46-33(7)21-28(2)22-34(46)8)43-17-18-44-52(48-37(11)25-30(4)26-38(48)12)53-55(61(62)63)54(59-56(53)60(43)44)51(42-16-14-40(49)58-42)47-35(9)23-29(3)24-36(47)10/h13-26,58H,1-12H3. The fraction of sp³-hybridized carbons (Fsp3) is 0.214. The second kappa shape index (κ2) is 14.2. The van der Waals surface area contributed by atoms with E-state index < -0.39 is 0 Å². The number of hydrogen-bond donors (Lipinski definition) is 1. The molecular formula is C56H51N5O2. The number of aromatic nitrogens is 2. The van der Waals surface area contributed by atoms with Crippen LogP contribution in [0.25, 0.3) is 39.1 Å². The summed E-state index contributed by atoms with van der Waals surface area (Å²) in [5, 5.41) is 15.7. The van der Waals surface area contributed by atoms with Gasteiger partial charge in [-0.2, -0.15) is 0 Å². The molecule has 7 aromatic rings. The van der Waals surface area contributed by atoms with Gasteiger partial charge >= 0.3 is 5.70 Å². The Morgan fingerprint density at radius 2 is 0.937 bits per heavy atom. The number of nitrogens with zero attached hydrogens (tertiary/aromatic N) is 4. The summed E-state index contributed by atoms with van der Waals surface area (Å²) in [6.45, 7) is 25.5. The Bertz CT molecular complexity index is 3500. The zero-order valence-electron chi connectivity index (χ0n) is 38.2. The average Bonchev–Trinajstić information content (AvgIpc) is 4.02. The molecule has 3 aliphatic rings. The van der Waals surface area contributed by atoms with Crippen LogP contribution in [0.1, 0.15) is 94.7 Å². The Hall–Kier alpha value is -7.12. The van der Waals surface area contributed by atoms with Gasteiger partial charge in [0.2, 0.25) is 0 Å². The summed E-state index contributed by atoms with van der Waals surface area (Å²) in [4.78, 5) is 29.0. The quantitative estimate of drug-likeness (QED) is 0.138. The van der Waals surface area contributed by atoms with Crippen molar-refractivity contribution >= 4 is 33.6 Å². The van der Waals surface area contributed by atoms with Crippen molar-refractivity contribution in [3.05, 3.63) is 217 Å². The van der Waals surface area contributed by atoms with Crippen LogP contribution in [-0.4, -0.2) is 20.0 Å². The molecule has 0 spiro atoms. The molecule has 3 aromatic heterocycles. The first-order chi connectivity index (χ1) is 30.0. The smallest absolute Gasteiger partial charge is 0.307 e. The van der Waals surface area contributed by atoms with Crippen molar-refractivity contribution in [3.63, 3.8) is 0 Å². The van der Waals surface area contributed by atoms with Gasteiger partial charge in [0.1, 0.15) is 5.56 Å². The van der Waals surface area contributed by atoms with E-state index in [0.29, 0.717) is 22.3 Å². The van der Waals surface area contributed by atoms with Gasteiger partial charge < -0.3 is 4.98 Å². The Morgan fingerprint density at radius 1 is 0.492 bits per heavy atom. The predicted molar refractivity (Wildman–Crippen MR) is 257 cm³/mol. The van der Waals surface area contributed by atoms with E-state index >= 15 is 0 Å². The number of hydrogen-bond acceptors (Lipinski definition) is 4. The molecule has 0 fully saturated rings. The molecule has 10 rings (SSSR count). The van der Waals surface area contributed by atoms with Crippen molar-refractivity contribution in [1.82, 2.24) is 9.38 Å². The maximum atomic E-state index is 14.1. The molecule has 4 aromatic carbocycles. The first kappa shape index (κ1) is 40.0. The summed E-state index contributed by atoms with van der Waals surface area (Å²) >= 11 is 0. The SMILES string of the molecule is Cc1cc(C)c(C2=C3C=CC(=N3)C(c3c(C)cc(C)cc3C)=c3ccc([nH]3)=C(c3c(C)cc(C)cc3C)C3=C([N+](=O)[O-])c4c(-c5c(C)cc(C)cc5C)c5ccc2n5c4=N3)c(C)c1. The van der Waals surface area contributed by atoms with E-state index in [-0.39, 0.29) is 10.6 Å². The number of nitro groups is 1. The lowest BCUT2D eigenvalue weighted by Gasteiger charge is -2.18. The summed E-state index contributed by atoms with van der Waals surface area (Å²) in [6, 6.07) is 26.0. The number of benzene rings is 4. The van der Waals surface area contributed by atoms with Gasteiger partial charge in [-0.25, -0.2) is 9.98 Å². The van der Waals surface area contributed by atoms with Crippen LogP contribution in [0.2, 0.25) is 0 Å². The lowest BCUT2D eigenvalue weighted by atomic mass is 9.89. The topological polar surface area (TPSA) is 88.1 Å². The molecule has 63 heavy (non-hydrogen) atoms. The monoisotopic (exact) mass is 825 g/mol. The van der Waals surface area contributed by atoms with Crippen LogP contribution in [0.5, 0.6) is 0 Å². The van der Waals surface area contributed by atoms with E-state index in [1.54, 1.807) is 0 Å². The molecular weight excluding hydrogens is 775 g/mol. The zero-order chi connectivity index (χ0) is 44.5. The van der Waals surface area contributed by atoms with E-state index in [4.69, 9.17) is 9.98 Å². The number of aliphatic imine (C=N–C) groups is 1. The molecule has 3 aliphatic heterocycles. The van der Waals surface area contributed by atoms with E-state index in [2.05, 4.69) is 177 Å². The van der Waals surface area contributed by atoms with Gasteiger partial charge in [0.05, 0.1) is 27.5 Å². The van der Waals surface area contributed by atoms with Gasteiger partial charge in [-0.15, -0.1) is 0 Å². The Kier molecular flexibility index (Phi) is 9.02. The van der Waals surface area contributed by atoms with Crippen LogP contribution >= 0.6 is 0 Å². The van der Waals surface area contributed by atoms with Crippen LogP contribution in [0.4, 0.5) is 0 Å². The van der Waals surface area contributed by atoms with Gasteiger partial charge in [0.25, 0.3) is 0 Å². The highest BCUT2D eigenvalue weighted by molar-refractivity contribution is 6.31. The third-order valence-electron chi connectivity index (χ3n) is 13.3. The lowest BCUT2D eigenvalue weighted by Crippen LogP contribution is -2.21. The van der Waals surface area contributed by atoms with E-state index in [0.717, 1.165) is 128 Å². The minimum atomic E-state index is -0.201. The molecule has 0 atom stereocenters. The molecule has 0 amide bonds. The number of aryl methyl sites for hydroxylation is 12. The first-order valence-electron chi connectivity index (χ1n) is 21.8. The van der Waals surface area contributed by atoms with Crippen molar-refractivity contribution in [3.8, 4) is 11.1 Å². The van der Waals surface area contributed by atoms with Crippen molar-refractivity contribution in [2.24, 2.45) is 9.98 Å². The van der Waals surface area contributed by atoms with Crippen LogP contribution < -0.4 is 16.2 Å². The summed E-state index contributed by atoms with van der Waals surface area (Å²) in [5.74, 6) is 0. The maximum Gasteiger partial charge on any atom is 0.307 e. The zero-order valence-corrected chi connectivity index (χ0v) is 38.2. The number of H-pyrrole nitrogens is 1. The number of allylic oxidation sites excluding steroid dienone is 3. The molecule has 6 bridgehead atoms. The second-order valence-electron chi connectivity index (χ2n) is 18.3. The van der Waals surface area contributed by atoms with Crippen molar-refractivity contribution < 1.29 is 4.92 Å². The molecule has 1 N–H and O–H groups in total. The molecule has 6 heterocycles. The third kappa shape index (κ3) is 6.00. The number of rotatable bonds is 5. The van der Waals surface area contributed by atoms with E-state index in [9.17, 15) is 10.1 Å². The Balaban J connectivity index is 1.49. The lowest BCUT2D eigenvalue weighted by molar-refractivity contribution is -0.375. The highest BCUT2D eigenvalue weighted by Crippen LogP contribution is 2.45. The molecule has 0 saturated heterocycles. The molecule has 0 unspecified atom stereocenters. The normalized spacial score (nSPS) is 14.4. The van der Waals surface area contributed by atoms with Crippen molar-refractivity contribution in [1.29, 1.82) is 0 Å². The molecule has 7 heteroatoms. The van der Waals surface area contributed by atoms with Crippen molar-refractivity contribution in [2.45, 2.75) is 83.1 Å². The summed E-state index contributed by atoms with van der Waals surface area (Å²) in [6.07, 6.45) is 4.30. The minimum absolute atomic E-state index is 0.00114. The van der Waals surface area contributed by atoms with E-state index in [1.807, 2.05) is 0 Å². The second-order valence-corrected chi connectivity index (χ2v) is 18.3. The largest absolute Gasteiger partial charge is 0.354 e. The molecule has 0 radical (unpaired) electrons. The molecule has 7 nitrogen and oxygen atoms in total. The molecule has 0 saturated carbocycles. The van der Waals surface area contributed by atoms with Gasteiger partial charge in [-0.3, -0.25) is 14.5 Å². The van der Waals surface area contributed by atoms with Crippen molar-refractivity contribution in [2.75, 3.05) is 0 Å². The van der Waals surface area contributed by atoms with Gasteiger partial charge in [-0.05, 0) is 186 Å². The van der Waals surface area contributed by atoms with Crippen LogP contribution in [0.3, 0.4) is 0 Å². The average molecular weight is 826 g/mol. The Morgan fingerprint density at radius 3 is 1.43 bits per heavy atom. The number of fused-ring (bicyclic) bond motifs is 4. The summed E-state index contributed by atoms with van der Waals surface area (Å²) in [7, 11) is 0. The number of aromatic amines is 1. The summed E-state index contributed by atoms with van der Waals surface area (Å²) in [5.41, 5.74) is 25.7. The van der Waals surface area contributed by atoms with Crippen LogP contribution in [0.15, 0.2) is 106 Å². The third-order valence-corrected chi connectivity index (χ3v) is 13.3. The molecule has 312 valence electrons. The Labute approximate surface area is 368 Å². The van der Waals surface area contributed by atoms with Gasteiger partial charge in [-0.1, -0.05) is 70.8 Å². The van der Waals surface area contributed by atoms with Gasteiger partial charge in [0.15, 0.2) is 11.2 Å². The van der Waals surface area contributed by atoms with E-state index in [1.165, 1.54) is 11.1 Å². The van der Waals surface area contributed by atoms with Gasteiger partial charge in [0, 0.05) is 33.0 Å². The number of nitrogens with one attached hydrogen (secondary N) is 1.